The Morgan fingerprint density at radius 3 is 2.52 bits per heavy atom. The summed E-state index contributed by atoms with van der Waals surface area (Å²) in [6.45, 7) is 2.30. The van der Waals surface area contributed by atoms with Crippen LogP contribution in [0.3, 0.4) is 0 Å². The van der Waals surface area contributed by atoms with Crippen LogP contribution < -0.4 is 10.5 Å². The summed E-state index contributed by atoms with van der Waals surface area (Å²) < 4.78 is 5.91. The van der Waals surface area contributed by atoms with Gasteiger partial charge in [-0.05, 0) is 79.6 Å². The van der Waals surface area contributed by atoms with Gasteiger partial charge in [0.05, 0.1) is 5.56 Å². The second-order valence-electron chi connectivity index (χ2n) is 8.49. The van der Waals surface area contributed by atoms with E-state index in [1.807, 2.05) is 6.07 Å². The molecule has 1 unspecified atom stereocenters. The molecular weight excluding hydrogens is 386 g/mol. The Bertz CT molecular complexity index is 1060. The zero-order valence-corrected chi connectivity index (χ0v) is 17.5. The Morgan fingerprint density at radius 2 is 1.81 bits per heavy atom. The molecule has 1 atom stereocenters. The summed E-state index contributed by atoms with van der Waals surface area (Å²) in [5.41, 5.74) is 9.92. The number of pyridine rings is 1. The van der Waals surface area contributed by atoms with Crippen molar-refractivity contribution in [3.63, 3.8) is 0 Å². The van der Waals surface area contributed by atoms with Gasteiger partial charge >= 0.3 is 0 Å². The predicted molar refractivity (Wildman–Crippen MR) is 120 cm³/mol. The van der Waals surface area contributed by atoms with Crippen LogP contribution in [0.2, 0.25) is 0 Å². The maximum Gasteiger partial charge on any atom is 0.250 e. The number of primary amides is 1. The van der Waals surface area contributed by atoms with Gasteiger partial charge in [0, 0.05) is 18.3 Å². The van der Waals surface area contributed by atoms with Gasteiger partial charge < -0.3 is 10.5 Å². The van der Waals surface area contributed by atoms with Crippen LogP contribution in [-0.4, -0.2) is 28.9 Å². The molecule has 5 nitrogen and oxygen atoms in total. The number of carbonyl (C=O) groups excluding carboxylic acids is 1. The maximum atomic E-state index is 11.2. The number of piperidine rings is 1. The number of likely N-dealkylation sites (tertiary alicyclic amines) is 1. The number of benzene rings is 2. The van der Waals surface area contributed by atoms with E-state index in [9.17, 15) is 4.79 Å². The molecular formula is C26H27N3O2. The number of nitrogens with two attached hydrogens (primary N) is 1. The van der Waals surface area contributed by atoms with Gasteiger partial charge in [0.25, 0.3) is 0 Å². The first kappa shape index (κ1) is 19.8. The lowest BCUT2D eigenvalue weighted by molar-refractivity contribution is 0.1000. The molecule has 0 spiro atoms. The van der Waals surface area contributed by atoms with E-state index in [1.54, 1.807) is 12.1 Å². The molecule has 1 aliphatic carbocycles. The Labute approximate surface area is 182 Å². The van der Waals surface area contributed by atoms with Gasteiger partial charge in [-0.15, -0.1) is 0 Å². The number of rotatable bonds is 5. The summed E-state index contributed by atoms with van der Waals surface area (Å²) in [6, 6.07) is 21.1. The molecule has 2 N–H and O–H groups in total. The van der Waals surface area contributed by atoms with Crippen molar-refractivity contribution in [1.29, 1.82) is 0 Å². The lowest BCUT2D eigenvalue weighted by Gasteiger charge is -2.36. The topological polar surface area (TPSA) is 68.5 Å². The molecule has 5 rings (SSSR count). The fourth-order valence-electron chi connectivity index (χ4n) is 4.99. The number of hydrogen-bond acceptors (Lipinski definition) is 4. The van der Waals surface area contributed by atoms with Gasteiger partial charge in [0.1, 0.15) is 5.75 Å². The molecule has 0 radical (unpaired) electrons. The van der Waals surface area contributed by atoms with Crippen LogP contribution in [0, 0.1) is 0 Å². The van der Waals surface area contributed by atoms with Crippen molar-refractivity contribution < 1.29 is 9.53 Å². The first-order chi connectivity index (χ1) is 15.2. The average Bonchev–Trinajstić information content (AvgIpc) is 3.23. The molecule has 5 heteroatoms. The minimum atomic E-state index is -0.490. The smallest absolute Gasteiger partial charge is 0.250 e. The number of aryl methyl sites for hydroxylation is 1. The number of ether oxygens (including phenoxy) is 1. The van der Waals surface area contributed by atoms with E-state index in [0.717, 1.165) is 25.3 Å². The molecule has 1 aromatic heterocycles. The zero-order valence-electron chi connectivity index (χ0n) is 17.5. The fraction of sp³-hybridized carbons (Fsp3) is 0.308. The van der Waals surface area contributed by atoms with Crippen molar-refractivity contribution in [2.24, 2.45) is 5.73 Å². The summed E-state index contributed by atoms with van der Waals surface area (Å²) in [4.78, 5) is 18.0. The highest BCUT2D eigenvalue weighted by atomic mass is 16.5. The second-order valence-corrected chi connectivity index (χ2v) is 8.49. The molecule has 31 heavy (non-hydrogen) atoms. The number of aromatic nitrogens is 1. The largest absolute Gasteiger partial charge is 0.439 e. The fourth-order valence-corrected chi connectivity index (χ4v) is 4.99. The number of nitrogens with zero attached hydrogens (tertiary/aromatic N) is 2. The van der Waals surface area contributed by atoms with E-state index in [4.69, 9.17) is 10.5 Å². The summed E-state index contributed by atoms with van der Waals surface area (Å²) in [5.74, 6) is 1.43. The molecule has 1 aliphatic heterocycles. The second kappa shape index (κ2) is 8.52. The SMILES string of the molecule is NC(=O)c1ccc(Oc2ccc3c(c2)CCC3N2CCC(c3ccccc3)CC2)nc1. The Hall–Kier alpha value is -3.18. The van der Waals surface area contributed by atoms with E-state index >= 15 is 0 Å². The van der Waals surface area contributed by atoms with Crippen molar-refractivity contribution in [3.8, 4) is 11.6 Å². The number of carbonyl (C=O) groups is 1. The normalized spacial score (nSPS) is 19.2. The summed E-state index contributed by atoms with van der Waals surface area (Å²) in [7, 11) is 0. The van der Waals surface area contributed by atoms with Gasteiger partial charge in [-0.3, -0.25) is 9.69 Å². The first-order valence-corrected chi connectivity index (χ1v) is 11.0. The third-order valence-electron chi connectivity index (χ3n) is 6.65. The highest BCUT2D eigenvalue weighted by Gasteiger charge is 2.31. The van der Waals surface area contributed by atoms with Crippen molar-refractivity contribution in [1.82, 2.24) is 9.88 Å². The Kier molecular flexibility index (Phi) is 5.43. The lowest BCUT2D eigenvalue weighted by atomic mass is 9.88. The average molecular weight is 414 g/mol. The molecule has 3 aromatic rings. The van der Waals surface area contributed by atoms with Crippen molar-refractivity contribution >= 4 is 5.91 Å². The molecule has 0 saturated carbocycles. The molecule has 2 aliphatic rings. The van der Waals surface area contributed by atoms with E-state index < -0.39 is 5.91 Å². The van der Waals surface area contributed by atoms with E-state index in [1.165, 1.54) is 42.1 Å². The lowest BCUT2D eigenvalue weighted by Crippen LogP contribution is -2.35. The highest BCUT2D eigenvalue weighted by Crippen LogP contribution is 2.40. The van der Waals surface area contributed by atoms with Gasteiger partial charge in [0.15, 0.2) is 0 Å². The molecule has 1 saturated heterocycles. The van der Waals surface area contributed by atoms with Crippen LogP contribution in [-0.2, 0) is 6.42 Å². The summed E-state index contributed by atoms with van der Waals surface area (Å²) >= 11 is 0. The van der Waals surface area contributed by atoms with Crippen molar-refractivity contribution in [2.45, 2.75) is 37.6 Å². The molecule has 158 valence electrons. The van der Waals surface area contributed by atoms with Crippen molar-refractivity contribution in [3.05, 3.63) is 89.1 Å². The zero-order chi connectivity index (χ0) is 21.2. The molecule has 2 aromatic carbocycles. The minimum absolute atomic E-state index is 0.375. The van der Waals surface area contributed by atoms with Crippen LogP contribution >= 0.6 is 0 Å². The molecule has 1 fully saturated rings. The van der Waals surface area contributed by atoms with Gasteiger partial charge in [-0.2, -0.15) is 0 Å². The predicted octanol–water partition coefficient (Wildman–Crippen LogP) is 4.84. The highest BCUT2D eigenvalue weighted by molar-refractivity contribution is 5.92. The molecule has 2 heterocycles. The third kappa shape index (κ3) is 4.19. The number of fused-ring (bicyclic) bond motifs is 1. The minimum Gasteiger partial charge on any atom is -0.439 e. The summed E-state index contributed by atoms with van der Waals surface area (Å²) in [5, 5.41) is 0. The standard InChI is InChI=1S/C26H27N3O2/c27-26(30)21-7-11-25(28-17-21)31-22-8-9-23-20(16-22)6-10-24(23)29-14-12-19(13-15-29)18-4-2-1-3-5-18/h1-5,7-9,11,16-17,19,24H,6,10,12-15H2,(H2,27,30). The van der Waals surface area contributed by atoms with Crippen LogP contribution in [0.25, 0.3) is 0 Å². The third-order valence-corrected chi connectivity index (χ3v) is 6.65. The van der Waals surface area contributed by atoms with Crippen LogP contribution in [0.1, 0.15) is 58.3 Å². The van der Waals surface area contributed by atoms with Gasteiger partial charge in [0.2, 0.25) is 11.8 Å². The monoisotopic (exact) mass is 413 g/mol. The van der Waals surface area contributed by atoms with Gasteiger partial charge in [-0.1, -0.05) is 36.4 Å². The maximum absolute atomic E-state index is 11.2. The van der Waals surface area contributed by atoms with Crippen molar-refractivity contribution in [2.75, 3.05) is 13.1 Å². The van der Waals surface area contributed by atoms with Gasteiger partial charge in [-0.25, -0.2) is 4.98 Å². The van der Waals surface area contributed by atoms with Crippen LogP contribution in [0.4, 0.5) is 0 Å². The number of hydrogen-bond donors (Lipinski definition) is 1. The Balaban J connectivity index is 1.24. The quantitative estimate of drug-likeness (QED) is 0.650. The Morgan fingerprint density at radius 1 is 1.00 bits per heavy atom. The van der Waals surface area contributed by atoms with Crippen LogP contribution in [0.5, 0.6) is 11.6 Å². The molecule has 1 amide bonds. The van der Waals surface area contributed by atoms with Crippen LogP contribution in [0.15, 0.2) is 66.9 Å². The summed E-state index contributed by atoms with van der Waals surface area (Å²) in [6.07, 6.45) is 6.14. The van der Waals surface area contributed by atoms with E-state index in [0.29, 0.717) is 23.4 Å². The first-order valence-electron chi connectivity index (χ1n) is 11.0. The number of amides is 1. The molecule has 0 bridgehead atoms. The van der Waals surface area contributed by atoms with E-state index in [2.05, 4.69) is 52.3 Å². The van der Waals surface area contributed by atoms with E-state index in [-0.39, 0.29) is 0 Å².